The Kier molecular flexibility index (Phi) is 15.1. The molecule has 0 unspecified atom stereocenters. The number of carbonyl (C=O) groups is 1. The van der Waals surface area contributed by atoms with E-state index in [0.717, 1.165) is 24.1 Å². The Morgan fingerprint density at radius 1 is 0.867 bits per heavy atom. The molecule has 0 aliphatic carbocycles. The molecule has 0 saturated carbocycles. The van der Waals surface area contributed by atoms with E-state index in [9.17, 15) is 4.79 Å². The maximum atomic E-state index is 12.4. The zero-order valence-corrected chi connectivity index (χ0v) is 20.3. The molecule has 1 aromatic carbocycles. The van der Waals surface area contributed by atoms with Gasteiger partial charge >= 0.3 is 0 Å². The molecule has 0 spiro atoms. The average Bonchev–Trinajstić information content (AvgIpc) is 2.72. The lowest BCUT2D eigenvalue weighted by molar-refractivity contribution is -0.116. The quantitative estimate of drug-likeness (QED) is 0.200. The van der Waals surface area contributed by atoms with Gasteiger partial charge in [0.25, 0.3) is 0 Å². The molecule has 0 aliphatic heterocycles. The number of hydrogen-bond acceptors (Lipinski definition) is 1. The number of hydrogen-bond donors (Lipinski definition) is 1. The molecule has 0 radical (unpaired) electrons. The minimum atomic E-state index is 0.156. The van der Waals surface area contributed by atoms with Gasteiger partial charge in [-0.2, -0.15) is 0 Å². The van der Waals surface area contributed by atoms with Crippen molar-refractivity contribution in [3.8, 4) is 0 Å². The zero-order valence-electron chi connectivity index (χ0n) is 20.3. The number of unbranched alkanes of at least 4 members (excludes halogenated alkanes) is 11. The molecule has 0 fully saturated rings. The summed E-state index contributed by atoms with van der Waals surface area (Å²) in [6.45, 7) is 8.69. The minimum absolute atomic E-state index is 0.156. The van der Waals surface area contributed by atoms with Gasteiger partial charge in [0.05, 0.1) is 0 Å². The van der Waals surface area contributed by atoms with E-state index in [1.807, 2.05) is 0 Å². The van der Waals surface area contributed by atoms with Crippen LogP contribution in [0.4, 0.5) is 5.69 Å². The standard InChI is InChI=1S/C28H47NO/c1-5-6-7-8-9-10-11-12-13-14-15-16-17-18-19-23-27(30)29-28-25(4)21-20-22-26(28)24(2)3/h12-13,20-22,24H,5-11,14-19,23H2,1-4H3,(H,29,30)/b13-12+. The molecule has 30 heavy (non-hydrogen) atoms. The number of para-hydroxylation sites is 1. The number of anilines is 1. The maximum Gasteiger partial charge on any atom is 0.224 e. The summed E-state index contributed by atoms with van der Waals surface area (Å²) in [6.07, 6.45) is 22.1. The highest BCUT2D eigenvalue weighted by Gasteiger charge is 2.11. The Bertz CT molecular complexity index is 603. The normalized spacial score (nSPS) is 11.5. The molecule has 0 aliphatic rings. The van der Waals surface area contributed by atoms with Gasteiger partial charge in [-0.15, -0.1) is 0 Å². The molecule has 1 rings (SSSR count). The molecule has 1 N–H and O–H groups in total. The number of rotatable bonds is 17. The summed E-state index contributed by atoms with van der Waals surface area (Å²) in [5.74, 6) is 0.573. The number of nitrogens with one attached hydrogen (secondary N) is 1. The fraction of sp³-hybridized carbons (Fsp3) is 0.679. The molecule has 1 aromatic rings. The second kappa shape index (κ2) is 17.1. The molecule has 2 nitrogen and oxygen atoms in total. The van der Waals surface area contributed by atoms with Crippen LogP contribution in [0.15, 0.2) is 30.4 Å². The summed E-state index contributed by atoms with van der Waals surface area (Å²) >= 11 is 0. The van der Waals surface area contributed by atoms with E-state index >= 15 is 0 Å². The lowest BCUT2D eigenvalue weighted by atomic mass is 9.98. The topological polar surface area (TPSA) is 29.1 Å². The van der Waals surface area contributed by atoms with Gasteiger partial charge in [0, 0.05) is 12.1 Å². The second-order valence-corrected chi connectivity index (χ2v) is 9.08. The molecular weight excluding hydrogens is 366 g/mol. The van der Waals surface area contributed by atoms with Gasteiger partial charge in [-0.3, -0.25) is 4.79 Å². The summed E-state index contributed by atoms with van der Waals surface area (Å²) in [7, 11) is 0. The first-order chi connectivity index (χ1) is 14.6. The lowest BCUT2D eigenvalue weighted by Gasteiger charge is -2.16. The first-order valence-corrected chi connectivity index (χ1v) is 12.6. The summed E-state index contributed by atoms with van der Waals surface area (Å²) in [5.41, 5.74) is 3.40. The number of benzene rings is 1. The summed E-state index contributed by atoms with van der Waals surface area (Å²) in [5, 5.41) is 3.16. The minimum Gasteiger partial charge on any atom is -0.326 e. The van der Waals surface area contributed by atoms with E-state index < -0.39 is 0 Å². The van der Waals surface area contributed by atoms with Crippen LogP contribution in [0.5, 0.6) is 0 Å². The SMILES string of the molecule is CCCCCCCC/C=C/CCCCCCCC(=O)Nc1c(C)cccc1C(C)C. The monoisotopic (exact) mass is 413 g/mol. The molecule has 0 bridgehead atoms. The molecule has 0 atom stereocenters. The predicted molar refractivity (Wildman–Crippen MR) is 133 cm³/mol. The van der Waals surface area contributed by atoms with Crippen LogP contribution in [0.25, 0.3) is 0 Å². The first kappa shape index (κ1) is 26.5. The van der Waals surface area contributed by atoms with Gasteiger partial charge in [0.15, 0.2) is 0 Å². The van der Waals surface area contributed by atoms with E-state index in [4.69, 9.17) is 0 Å². The van der Waals surface area contributed by atoms with Crippen molar-refractivity contribution in [1.29, 1.82) is 0 Å². The third-order valence-electron chi connectivity index (χ3n) is 5.86. The fourth-order valence-corrected chi connectivity index (χ4v) is 3.90. The highest BCUT2D eigenvalue weighted by molar-refractivity contribution is 5.92. The largest absolute Gasteiger partial charge is 0.326 e. The molecule has 170 valence electrons. The van der Waals surface area contributed by atoms with Crippen LogP contribution in [0.2, 0.25) is 0 Å². The van der Waals surface area contributed by atoms with Crippen molar-refractivity contribution in [3.05, 3.63) is 41.5 Å². The Morgan fingerprint density at radius 2 is 1.43 bits per heavy atom. The number of allylic oxidation sites excluding steroid dienone is 2. The van der Waals surface area contributed by atoms with Gasteiger partial charge < -0.3 is 5.32 Å². The Morgan fingerprint density at radius 3 is 2.03 bits per heavy atom. The predicted octanol–water partition coefficient (Wildman–Crippen LogP) is 9.09. The summed E-state index contributed by atoms with van der Waals surface area (Å²) in [6, 6.07) is 6.27. The van der Waals surface area contributed by atoms with Crippen LogP contribution in [-0.4, -0.2) is 5.91 Å². The van der Waals surface area contributed by atoms with Crippen molar-refractivity contribution in [3.63, 3.8) is 0 Å². The lowest BCUT2D eigenvalue weighted by Crippen LogP contribution is -2.14. The molecule has 0 saturated heterocycles. The van der Waals surface area contributed by atoms with E-state index in [2.05, 4.69) is 63.4 Å². The Balaban J connectivity index is 2.03. The van der Waals surface area contributed by atoms with Crippen molar-refractivity contribution in [2.45, 2.75) is 124 Å². The van der Waals surface area contributed by atoms with E-state index in [-0.39, 0.29) is 5.91 Å². The fourth-order valence-electron chi connectivity index (χ4n) is 3.90. The highest BCUT2D eigenvalue weighted by Crippen LogP contribution is 2.27. The second-order valence-electron chi connectivity index (χ2n) is 9.08. The smallest absolute Gasteiger partial charge is 0.224 e. The van der Waals surface area contributed by atoms with Crippen molar-refractivity contribution in [2.24, 2.45) is 0 Å². The summed E-state index contributed by atoms with van der Waals surface area (Å²) < 4.78 is 0. The third kappa shape index (κ3) is 12.2. The maximum absolute atomic E-state index is 12.4. The number of amides is 1. The van der Waals surface area contributed by atoms with E-state index in [1.165, 1.54) is 76.2 Å². The van der Waals surface area contributed by atoms with Gasteiger partial charge in [0.2, 0.25) is 5.91 Å². The van der Waals surface area contributed by atoms with Crippen LogP contribution in [0, 0.1) is 6.92 Å². The Labute approximate surface area is 186 Å². The molecule has 1 amide bonds. The molecule has 2 heteroatoms. The van der Waals surface area contributed by atoms with Gasteiger partial charge in [0.1, 0.15) is 0 Å². The first-order valence-electron chi connectivity index (χ1n) is 12.6. The van der Waals surface area contributed by atoms with Crippen LogP contribution in [-0.2, 0) is 4.79 Å². The summed E-state index contributed by atoms with van der Waals surface area (Å²) in [4.78, 5) is 12.4. The highest BCUT2D eigenvalue weighted by atomic mass is 16.1. The molecule has 0 aromatic heterocycles. The Hall–Kier alpha value is -1.57. The van der Waals surface area contributed by atoms with E-state index in [1.54, 1.807) is 0 Å². The van der Waals surface area contributed by atoms with Crippen LogP contribution in [0.1, 0.15) is 128 Å². The number of carbonyl (C=O) groups excluding carboxylic acids is 1. The average molecular weight is 414 g/mol. The van der Waals surface area contributed by atoms with Gasteiger partial charge in [-0.05, 0) is 56.1 Å². The van der Waals surface area contributed by atoms with Gasteiger partial charge in [-0.1, -0.05) is 102 Å². The third-order valence-corrected chi connectivity index (χ3v) is 5.86. The van der Waals surface area contributed by atoms with Crippen molar-refractivity contribution >= 4 is 11.6 Å². The van der Waals surface area contributed by atoms with E-state index in [0.29, 0.717) is 12.3 Å². The number of aryl methyl sites for hydroxylation is 1. The molecular formula is C28H47NO. The van der Waals surface area contributed by atoms with Gasteiger partial charge in [-0.25, -0.2) is 0 Å². The van der Waals surface area contributed by atoms with Crippen LogP contribution < -0.4 is 5.32 Å². The van der Waals surface area contributed by atoms with Crippen LogP contribution in [0.3, 0.4) is 0 Å². The molecule has 0 heterocycles. The van der Waals surface area contributed by atoms with Crippen LogP contribution >= 0.6 is 0 Å². The zero-order chi connectivity index (χ0) is 22.0. The van der Waals surface area contributed by atoms with Crippen molar-refractivity contribution in [1.82, 2.24) is 0 Å². The van der Waals surface area contributed by atoms with Crippen molar-refractivity contribution in [2.75, 3.05) is 5.32 Å². The van der Waals surface area contributed by atoms with Crippen molar-refractivity contribution < 1.29 is 4.79 Å².